The molecule has 3 aromatic carbocycles. The fraction of sp³-hybridized carbons (Fsp3) is 0.190. The number of hydrogen-bond acceptors (Lipinski definition) is 2. The smallest absolute Gasteiger partial charge is 0.246 e. The van der Waals surface area contributed by atoms with Gasteiger partial charge in [0, 0.05) is 16.8 Å². The number of amides is 1. The van der Waals surface area contributed by atoms with Gasteiger partial charge >= 0.3 is 0 Å². The van der Waals surface area contributed by atoms with E-state index < -0.39 is 0 Å². The van der Waals surface area contributed by atoms with Crippen LogP contribution in [-0.2, 0) is 4.79 Å². The van der Waals surface area contributed by atoms with Crippen LogP contribution < -0.4 is 10.6 Å². The van der Waals surface area contributed by atoms with Crippen molar-refractivity contribution in [3.8, 4) is 0 Å². The Morgan fingerprint density at radius 3 is 2.33 bits per heavy atom. The van der Waals surface area contributed by atoms with Crippen LogP contribution >= 0.6 is 0 Å². The van der Waals surface area contributed by atoms with Gasteiger partial charge in [0.15, 0.2) is 0 Å². The molecule has 3 nitrogen and oxygen atoms in total. The van der Waals surface area contributed by atoms with Crippen molar-refractivity contribution in [2.45, 2.75) is 26.8 Å². The van der Waals surface area contributed by atoms with Crippen LogP contribution in [0.25, 0.3) is 10.8 Å². The number of carbonyl (C=O) groups is 1. The topological polar surface area (TPSA) is 41.1 Å². The SMILES string of the molecule is Cc1cc(C)cc(NC(C)C(=O)Nc2cccc3ccccc23)c1. The lowest BCUT2D eigenvalue weighted by Crippen LogP contribution is -2.32. The minimum Gasteiger partial charge on any atom is -0.374 e. The molecule has 0 aromatic heterocycles. The molecule has 0 heterocycles. The number of hydrogen-bond donors (Lipinski definition) is 2. The summed E-state index contributed by atoms with van der Waals surface area (Å²) in [5.74, 6) is -0.0505. The first-order valence-corrected chi connectivity index (χ1v) is 8.16. The van der Waals surface area contributed by atoms with Crippen molar-refractivity contribution in [2.75, 3.05) is 10.6 Å². The Morgan fingerprint density at radius 2 is 1.58 bits per heavy atom. The lowest BCUT2D eigenvalue weighted by atomic mass is 10.1. The number of anilines is 2. The molecule has 3 aromatic rings. The summed E-state index contributed by atoms with van der Waals surface area (Å²) in [7, 11) is 0. The highest BCUT2D eigenvalue weighted by Gasteiger charge is 2.14. The van der Waals surface area contributed by atoms with Crippen molar-refractivity contribution >= 4 is 28.1 Å². The molecule has 0 spiro atoms. The lowest BCUT2D eigenvalue weighted by Gasteiger charge is -2.17. The van der Waals surface area contributed by atoms with Crippen LogP contribution in [0.3, 0.4) is 0 Å². The molecule has 122 valence electrons. The predicted octanol–water partition coefficient (Wildman–Crippen LogP) is 4.90. The summed E-state index contributed by atoms with van der Waals surface area (Å²) in [6, 6.07) is 19.9. The van der Waals surface area contributed by atoms with E-state index in [0.29, 0.717) is 0 Å². The van der Waals surface area contributed by atoms with Crippen molar-refractivity contribution in [1.29, 1.82) is 0 Å². The summed E-state index contributed by atoms with van der Waals surface area (Å²) < 4.78 is 0. The Labute approximate surface area is 142 Å². The Bertz CT molecular complexity index is 860. The molecule has 0 radical (unpaired) electrons. The van der Waals surface area contributed by atoms with E-state index in [1.54, 1.807) is 0 Å². The second-order valence-electron chi connectivity index (χ2n) is 6.26. The summed E-state index contributed by atoms with van der Waals surface area (Å²) in [5.41, 5.74) is 4.17. The Morgan fingerprint density at radius 1 is 0.917 bits per heavy atom. The molecule has 1 unspecified atom stereocenters. The van der Waals surface area contributed by atoms with Gasteiger partial charge < -0.3 is 10.6 Å². The van der Waals surface area contributed by atoms with Gasteiger partial charge in [-0.1, -0.05) is 42.5 Å². The number of fused-ring (bicyclic) bond motifs is 1. The van der Waals surface area contributed by atoms with Gasteiger partial charge in [-0.2, -0.15) is 0 Å². The molecule has 3 heteroatoms. The highest BCUT2D eigenvalue weighted by molar-refractivity contribution is 6.04. The van der Waals surface area contributed by atoms with Crippen LogP contribution in [0, 0.1) is 13.8 Å². The maximum absolute atomic E-state index is 12.6. The fourth-order valence-corrected chi connectivity index (χ4v) is 2.95. The van der Waals surface area contributed by atoms with Gasteiger partial charge in [-0.3, -0.25) is 4.79 Å². The predicted molar refractivity (Wildman–Crippen MR) is 102 cm³/mol. The first kappa shape index (κ1) is 16.1. The molecule has 2 N–H and O–H groups in total. The minimum absolute atomic E-state index is 0.0505. The summed E-state index contributed by atoms with van der Waals surface area (Å²) >= 11 is 0. The third-order valence-electron chi connectivity index (χ3n) is 4.05. The molecule has 0 bridgehead atoms. The van der Waals surface area contributed by atoms with E-state index in [4.69, 9.17) is 0 Å². The van der Waals surface area contributed by atoms with Gasteiger partial charge in [0.1, 0.15) is 6.04 Å². The molecule has 0 aliphatic rings. The molecular formula is C21H22N2O. The molecular weight excluding hydrogens is 296 g/mol. The van der Waals surface area contributed by atoms with E-state index in [1.165, 1.54) is 11.1 Å². The molecule has 3 rings (SSSR count). The normalized spacial score (nSPS) is 12.0. The van der Waals surface area contributed by atoms with Crippen molar-refractivity contribution in [1.82, 2.24) is 0 Å². The zero-order valence-electron chi connectivity index (χ0n) is 14.3. The van der Waals surface area contributed by atoms with E-state index in [-0.39, 0.29) is 11.9 Å². The monoisotopic (exact) mass is 318 g/mol. The average molecular weight is 318 g/mol. The van der Waals surface area contributed by atoms with Crippen LogP contribution in [0.4, 0.5) is 11.4 Å². The number of carbonyl (C=O) groups excluding carboxylic acids is 1. The van der Waals surface area contributed by atoms with Crippen LogP contribution in [0.15, 0.2) is 60.7 Å². The Kier molecular flexibility index (Phi) is 4.52. The molecule has 1 amide bonds. The van der Waals surface area contributed by atoms with Gasteiger partial charge in [0.25, 0.3) is 0 Å². The third kappa shape index (κ3) is 3.57. The highest BCUT2D eigenvalue weighted by Crippen LogP contribution is 2.23. The maximum Gasteiger partial charge on any atom is 0.246 e. The van der Waals surface area contributed by atoms with Crippen LogP contribution in [0.5, 0.6) is 0 Å². The highest BCUT2D eigenvalue weighted by atomic mass is 16.2. The summed E-state index contributed by atoms with van der Waals surface area (Å²) in [4.78, 5) is 12.6. The Hall–Kier alpha value is -2.81. The molecule has 1 atom stereocenters. The standard InChI is InChI=1S/C21H22N2O/c1-14-11-15(2)13-18(12-14)22-16(3)21(24)23-20-10-6-8-17-7-4-5-9-19(17)20/h4-13,16,22H,1-3H3,(H,23,24). The lowest BCUT2D eigenvalue weighted by molar-refractivity contribution is -0.116. The zero-order valence-corrected chi connectivity index (χ0v) is 14.3. The fourth-order valence-electron chi connectivity index (χ4n) is 2.95. The van der Waals surface area contributed by atoms with Gasteiger partial charge in [-0.15, -0.1) is 0 Å². The van der Waals surface area contributed by atoms with Crippen molar-refractivity contribution in [3.05, 3.63) is 71.8 Å². The van der Waals surface area contributed by atoms with E-state index in [9.17, 15) is 4.79 Å². The van der Waals surface area contributed by atoms with Crippen molar-refractivity contribution in [2.24, 2.45) is 0 Å². The van der Waals surface area contributed by atoms with Crippen molar-refractivity contribution in [3.63, 3.8) is 0 Å². The van der Waals surface area contributed by atoms with Crippen LogP contribution in [0.1, 0.15) is 18.1 Å². The summed E-state index contributed by atoms with van der Waals surface area (Å²) in [5, 5.41) is 8.48. The molecule has 0 aliphatic heterocycles. The van der Waals surface area contributed by atoms with Gasteiger partial charge in [-0.25, -0.2) is 0 Å². The molecule has 0 fully saturated rings. The largest absolute Gasteiger partial charge is 0.374 e. The number of benzene rings is 3. The Balaban J connectivity index is 1.76. The molecule has 0 aliphatic carbocycles. The van der Waals surface area contributed by atoms with Crippen LogP contribution in [-0.4, -0.2) is 11.9 Å². The first-order valence-electron chi connectivity index (χ1n) is 8.16. The second-order valence-corrected chi connectivity index (χ2v) is 6.26. The number of nitrogens with one attached hydrogen (secondary N) is 2. The first-order chi connectivity index (χ1) is 11.5. The van der Waals surface area contributed by atoms with Crippen molar-refractivity contribution < 1.29 is 4.79 Å². The van der Waals surface area contributed by atoms with Gasteiger partial charge in [-0.05, 0) is 55.5 Å². The quantitative estimate of drug-likeness (QED) is 0.718. The van der Waals surface area contributed by atoms with Crippen LogP contribution in [0.2, 0.25) is 0 Å². The average Bonchev–Trinajstić information content (AvgIpc) is 2.54. The molecule has 0 saturated carbocycles. The second kappa shape index (κ2) is 6.75. The van der Waals surface area contributed by atoms with Gasteiger partial charge in [0.2, 0.25) is 5.91 Å². The van der Waals surface area contributed by atoms with E-state index in [0.717, 1.165) is 22.1 Å². The third-order valence-corrected chi connectivity index (χ3v) is 4.05. The number of aryl methyl sites for hydroxylation is 2. The van der Waals surface area contributed by atoms with E-state index >= 15 is 0 Å². The maximum atomic E-state index is 12.6. The molecule has 0 saturated heterocycles. The minimum atomic E-state index is -0.329. The van der Waals surface area contributed by atoms with Gasteiger partial charge in [0.05, 0.1) is 0 Å². The van der Waals surface area contributed by atoms with E-state index in [1.807, 2.05) is 49.4 Å². The summed E-state index contributed by atoms with van der Waals surface area (Å²) in [6.45, 7) is 5.98. The summed E-state index contributed by atoms with van der Waals surface area (Å²) in [6.07, 6.45) is 0. The molecule has 24 heavy (non-hydrogen) atoms. The zero-order chi connectivity index (χ0) is 17.1. The number of rotatable bonds is 4. The van der Waals surface area contributed by atoms with E-state index in [2.05, 4.69) is 42.7 Å².